The van der Waals surface area contributed by atoms with Crippen molar-refractivity contribution in [3.63, 3.8) is 0 Å². The molecule has 1 saturated carbocycles. The standard InChI is InChI=1S/C20H30N6O3S/c1-14-4-6-20(7-5-14)17(28)26(18(29)22-20)23-16(27)12-24-8-3-9-25(11-10-24)19-21-15(2)13-30-19/h13-14H,3-12H2,1-2H3,(H,22,29)(H,23,27). The molecule has 2 saturated heterocycles. The molecule has 9 nitrogen and oxygen atoms in total. The number of carbonyl (C=O) groups excluding carboxylic acids is 3. The summed E-state index contributed by atoms with van der Waals surface area (Å²) in [5.74, 6) is -0.105. The van der Waals surface area contributed by atoms with Crippen molar-refractivity contribution < 1.29 is 14.4 Å². The van der Waals surface area contributed by atoms with Gasteiger partial charge in [-0.1, -0.05) is 6.92 Å². The Morgan fingerprint density at radius 3 is 2.73 bits per heavy atom. The Morgan fingerprint density at radius 1 is 1.27 bits per heavy atom. The summed E-state index contributed by atoms with van der Waals surface area (Å²) in [5, 5.41) is 6.78. The monoisotopic (exact) mass is 434 g/mol. The van der Waals surface area contributed by atoms with Crippen LogP contribution in [0.15, 0.2) is 5.38 Å². The van der Waals surface area contributed by atoms with Gasteiger partial charge in [-0.2, -0.15) is 5.01 Å². The van der Waals surface area contributed by atoms with Crippen LogP contribution in [0.3, 0.4) is 0 Å². The molecule has 0 bridgehead atoms. The number of nitrogens with one attached hydrogen (secondary N) is 2. The lowest BCUT2D eigenvalue weighted by Gasteiger charge is -2.33. The first kappa shape index (κ1) is 21.0. The van der Waals surface area contributed by atoms with Crippen LogP contribution in [-0.2, 0) is 9.59 Å². The van der Waals surface area contributed by atoms with Crippen molar-refractivity contribution in [1.82, 2.24) is 25.6 Å². The number of amides is 4. The Balaban J connectivity index is 1.30. The third-order valence-corrected chi connectivity index (χ3v) is 7.38. The summed E-state index contributed by atoms with van der Waals surface area (Å²) in [4.78, 5) is 46.7. The predicted molar refractivity (Wildman–Crippen MR) is 114 cm³/mol. The van der Waals surface area contributed by atoms with Crippen LogP contribution in [-0.4, -0.2) is 71.0 Å². The Bertz CT molecular complexity index is 819. The second kappa shape index (κ2) is 8.50. The summed E-state index contributed by atoms with van der Waals surface area (Å²) in [7, 11) is 0. The molecule has 10 heteroatoms. The van der Waals surface area contributed by atoms with E-state index >= 15 is 0 Å². The van der Waals surface area contributed by atoms with Crippen LogP contribution in [0, 0.1) is 12.8 Å². The minimum absolute atomic E-state index is 0.159. The van der Waals surface area contributed by atoms with E-state index in [1.807, 2.05) is 12.3 Å². The number of urea groups is 1. The molecule has 164 valence electrons. The summed E-state index contributed by atoms with van der Waals surface area (Å²) < 4.78 is 0. The summed E-state index contributed by atoms with van der Waals surface area (Å²) in [6, 6.07) is -0.524. The zero-order chi connectivity index (χ0) is 21.3. The highest BCUT2D eigenvalue weighted by Gasteiger charge is 2.52. The number of hydrogen-bond acceptors (Lipinski definition) is 7. The number of thiazole rings is 1. The lowest BCUT2D eigenvalue weighted by Crippen LogP contribution is -2.53. The summed E-state index contributed by atoms with van der Waals surface area (Å²) in [6.07, 6.45) is 3.98. The first-order valence-corrected chi connectivity index (χ1v) is 11.6. The molecular formula is C20H30N6O3S. The van der Waals surface area contributed by atoms with E-state index in [1.54, 1.807) is 11.3 Å². The van der Waals surface area contributed by atoms with E-state index < -0.39 is 11.6 Å². The molecule has 1 spiro atoms. The number of anilines is 1. The van der Waals surface area contributed by atoms with Gasteiger partial charge in [-0.15, -0.1) is 11.3 Å². The van der Waals surface area contributed by atoms with E-state index in [1.165, 1.54) is 0 Å². The Hall–Kier alpha value is -2.20. The number of aromatic nitrogens is 1. The zero-order valence-corrected chi connectivity index (χ0v) is 18.5. The number of nitrogens with zero attached hydrogens (tertiary/aromatic N) is 4. The van der Waals surface area contributed by atoms with Crippen LogP contribution in [0.4, 0.5) is 9.93 Å². The molecule has 1 aliphatic carbocycles. The van der Waals surface area contributed by atoms with Crippen molar-refractivity contribution in [2.24, 2.45) is 5.92 Å². The van der Waals surface area contributed by atoms with E-state index in [4.69, 9.17) is 0 Å². The lowest BCUT2D eigenvalue weighted by atomic mass is 9.77. The second-order valence-electron chi connectivity index (χ2n) is 8.76. The summed E-state index contributed by atoms with van der Waals surface area (Å²) in [5.41, 5.74) is 2.72. The second-order valence-corrected chi connectivity index (χ2v) is 9.60. The molecule has 0 radical (unpaired) electrons. The van der Waals surface area contributed by atoms with Crippen LogP contribution >= 0.6 is 11.3 Å². The van der Waals surface area contributed by atoms with Crippen molar-refractivity contribution >= 4 is 34.3 Å². The average molecular weight is 435 g/mol. The van der Waals surface area contributed by atoms with Gasteiger partial charge in [0.25, 0.3) is 11.8 Å². The molecule has 30 heavy (non-hydrogen) atoms. The molecule has 4 amide bonds. The molecular weight excluding hydrogens is 404 g/mol. The predicted octanol–water partition coefficient (Wildman–Crippen LogP) is 1.50. The topological polar surface area (TPSA) is 97.9 Å². The van der Waals surface area contributed by atoms with Gasteiger partial charge in [0.15, 0.2) is 5.13 Å². The van der Waals surface area contributed by atoms with Gasteiger partial charge >= 0.3 is 6.03 Å². The summed E-state index contributed by atoms with van der Waals surface area (Å²) >= 11 is 1.64. The van der Waals surface area contributed by atoms with Gasteiger partial charge in [0.2, 0.25) is 0 Å². The fraction of sp³-hybridized carbons (Fsp3) is 0.700. The maximum atomic E-state index is 12.9. The van der Waals surface area contributed by atoms with Crippen molar-refractivity contribution in [2.75, 3.05) is 37.6 Å². The molecule has 3 aliphatic rings. The average Bonchev–Trinajstić information content (AvgIpc) is 3.13. The van der Waals surface area contributed by atoms with Gasteiger partial charge in [-0.25, -0.2) is 9.78 Å². The lowest BCUT2D eigenvalue weighted by molar-refractivity contribution is -0.140. The first-order valence-electron chi connectivity index (χ1n) is 10.7. The Labute approximate surface area is 180 Å². The molecule has 3 fully saturated rings. The largest absolute Gasteiger partial charge is 0.347 e. The van der Waals surface area contributed by atoms with Crippen LogP contribution in [0.1, 0.15) is 44.7 Å². The van der Waals surface area contributed by atoms with Gasteiger partial charge in [-0.05, 0) is 44.9 Å². The van der Waals surface area contributed by atoms with Crippen LogP contribution in [0.2, 0.25) is 0 Å². The molecule has 2 aliphatic heterocycles. The molecule has 4 rings (SSSR count). The van der Waals surface area contributed by atoms with Gasteiger partial charge in [0.05, 0.1) is 12.2 Å². The third-order valence-electron chi connectivity index (χ3n) is 6.36. The van der Waals surface area contributed by atoms with Crippen molar-refractivity contribution in [1.29, 1.82) is 0 Å². The highest BCUT2D eigenvalue weighted by molar-refractivity contribution is 7.13. The molecule has 1 aromatic rings. The highest BCUT2D eigenvalue weighted by atomic mass is 32.1. The molecule has 3 heterocycles. The maximum Gasteiger partial charge on any atom is 0.344 e. The van der Waals surface area contributed by atoms with E-state index in [-0.39, 0.29) is 18.4 Å². The van der Waals surface area contributed by atoms with Gasteiger partial charge < -0.3 is 10.2 Å². The van der Waals surface area contributed by atoms with E-state index in [2.05, 4.69) is 32.5 Å². The number of aryl methyl sites for hydroxylation is 1. The van der Waals surface area contributed by atoms with E-state index in [0.29, 0.717) is 18.8 Å². The van der Waals surface area contributed by atoms with Crippen LogP contribution in [0.5, 0.6) is 0 Å². The Kier molecular flexibility index (Phi) is 5.97. The van der Waals surface area contributed by atoms with Gasteiger partial charge in [-0.3, -0.25) is 19.9 Å². The highest BCUT2D eigenvalue weighted by Crippen LogP contribution is 2.35. The quantitative estimate of drug-likeness (QED) is 0.697. The van der Waals surface area contributed by atoms with Crippen molar-refractivity contribution in [2.45, 2.75) is 51.5 Å². The number of hydrazine groups is 1. The number of carbonyl (C=O) groups is 3. The molecule has 2 N–H and O–H groups in total. The van der Waals surface area contributed by atoms with E-state index in [0.717, 1.165) is 61.3 Å². The van der Waals surface area contributed by atoms with Crippen LogP contribution in [0.25, 0.3) is 0 Å². The molecule has 0 atom stereocenters. The van der Waals surface area contributed by atoms with Crippen molar-refractivity contribution in [3.05, 3.63) is 11.1 Å². The van der Waals surface area contributed by atoms with E-state index in [9.17, 15) is 14.4 Å². The van der Waals surface area contributed by atoms with Gasteiger partial charge in [0, 0.05) is 31.6 Å². The molecule has 0 aromatic carbocycles. The minimum Gasteiger partial charge on any atom is -0.347 e. The normalized spacial score (nSPS) is 28.0. The first-order chi connectivity index (χ1) is 14.4. The third kappa shape index (κ3) is 4.29. The van der Waals surface area contributed by atoms with Gasteiger partial charge in [0.1, 0.15) is 5.54 Å². The SMILES string of the molecule is Cc1csc(N2CCCN(CC(=O)NN3C(=O)NC4(CCC(C)CC4)C3=O)CC2)n1. The summed E-state index contributed by atoms with van der Waals surface area (Å²) in [6.45, 7) is 7.52. The number of rotatable bonds is 4. The molecule has 0 unspecified atom stereocenters. The Morgan fingerprint density at radius 2 is 2.03 bits per heavy atom. The maximum absolute atomic E-state index is 12.9. The minimum atomic E-state index is -0.841. The smallest absolute Gasteiger partial charge is 0.344 e. The van der Waals surface area contributed by atoms with Crippen molar-refractivity contribution in [3.8, 4) is 0 Å². The van der Waals surface area contributed by atoms with Crippen LogP contribution < -0.4 is 15.6 Å². The number of imide groups is 1. The fourth-order valence-electron chi connectivity index (χ4n) is 4.49. The zero-order valence-electron chi connectivity index (χ0n) is 17.6. The number of hydrogen-bond donors (Lipinski definition) is 2. The molecule has 1 aromatic heterocycles. The fourth-order valence-corrected chi connectivity index (χ4v) is 5.34.